The normalized spacial score (nSPS) is 26.1. The lowest BCUT2D eigenvalue weighted by molar-refractivity contribution is 0.585. The molecule has 1 rings (SSSR count). The Morgan fingerprint density at radius 2 is 1.88 bits per heavy atom. The zero-order valence-corrected chi connectivity index (χ0v) is 6.73. The summed E-state index contributed by atoms with van der Waals surface area (Å²) in [5, 5.41) is 0. The molecule has 0 radical (unpaired) electrons. The van der Waals surface area contributed by atoms with Crippen molar-refractivity contribution in [1.29, 1.82) is 0 Å². The van der Waals surface area contributed by atoms with Crippen LogP contribution in [-0.4, -0.2) is 23.7 Å². The molecule has 0 spiro atoms. The molecule has 0 saturated carbocycles. The van der Waals surface area contributed by atoms with Crippen molar-refractivity contribution in [3.05, 3.63) is 0 Å². The molecule has 1 aliphatic rings. The highest BCUT2D eigenvalue weighted by molar-refractivity contribution is 8.27. The second-order valence-corrected chi connectivity index (χ2v) is 4.87. The van der Waals surface area contributed by atoms with E-state index in [9.17, 15) is 0 Å². The van der Waals surface area contributed by atoms with Gasteiger partial charge in [-0.3, -0.25) is 0 Å². The van der Waals surface area contributed by atoms with E-state index in [1.165, 1.54) is 25.9 Å². The van der Waals surface area contributed by atoms with Crippen LogP contribution in [0.4, 0.5) is 0 Å². The molecule has 1 saturated heterocycles. The van der Waals surface area contributed by atoms with Crippen molar-refractivity contribution in [2.45, 2.75) is 12.8 Å². The van der Waals surface area contributed by atoms with Crippen LogP contribution < -0.4 is 0 Å². The van der Waals surface area contributed by atoms with Crippen LogP contribution in [0, 0.1) is 0 Å². The van der Waals surface area contributed by atoms with Gasteiger partial charge in [-0.1, -0.05) is 9.64 Å². The van der Waals surface area contributed by atoms with Gasteiger partial charge in [-0.05, 0) is 24.0 Å². The van der Waals surface area contributed by atoms with E-state index in [4.69, 9.17) is 11.2 Å². The van der Waals surface area contributed by atoms with Crippen molar-refractivity contribution in [3.8, 4) is 0 Å². The number of hydrogen-bond acceptors (Lipinski definition) is 1. The summed E-state index contributed by atoms with van der Waals surface area (Å²) >= 11 is 5.09. The van der Waals surface area contributed by atoms with Crippen LogP contribution in [0.15, 0.2) is 0 Å². The maximum atomic E-state index is 5.09. The Morgan fingerprint density at radius 1 is 1.38 bits per heavy atom. The molecule has 1 nitrogen and oxygen atoms in total. The molecule has 3 heteroatoms. The molecule has 0 aliphatic carbocycles. The van der Waals surface area contributed by atoms with Crippen LogP contribution in [0.3, 0.4) is 0 Å². The van der Waals surface area contributed by atoms with Crippen LogP contribution >= 0.6 is 0 Å². The maximum absolute atomic E-state index is 5.09. The Labute approximate surface area is 57.8 Å². The highest BCUT2D eigenvalue weighted by atomic mass is 32.8. The molecule has 1 aliphatic heterocycles. The average Bonchev–Trinajstić information content (AvgIpc) is 2.12. The zero-order valence-electron chi connectivity index (χ0n) is 5.09. The smallest absolute Gasteiger partial charge is 0.00922 e. The topological polar surface area (TPSA) is 3.24 Å². The molecule has 0 aromatic heterocycles. The monoisotopic (exact) mass is 149 g/mol. The van der Waals surface area contributed by atoms with E-state index in [2.05, 4.69) is 10.6 Å². The summed E-state index contributed by atoms with van der Waals surface area (Å²) in [6.07, 6.45) is 4.82. The van der Waals surface area contributed by atoms with Crippen molar-refractivity contribution in [1.82, 2.24) is 4.31 Å². The first-order valence-electron chi connectivity index (χ1n) is 2.89. The lowest BCUT2D eigenvalue weighted by Gasteiger charge is -2.11. The zero-order chi connectivity index (χ0) is 5.98. The molecule has 0 amide bonds. The second-order valence-electron chi connectivity index (χ2n) is 2.06. The minimum atomic E-state index is 0.126. The van der Waals surface area contributed by atoms with Crippen LogP contribution in [0.1, 0.15) is 12.8 Å². The summed E-state index contributed by atoms with van der Waals surface area (Å²) in [5.41, 5.74) is 0. The van der Waals surface area contributed by atoms with Crippen LogP contribution in [0.5, 0.6) is 0 Å². The van der Waals surface area contributed by atoms with E-state index in [0.29, 0.717) is 0 Å². The van der Waals surface area contributed by atoms with E-state index in [1.54, 1.807) is 0 Å². The Bertz CT molecular complexity index is 96.6. The number of rotatable bonds is 1. The van der Waals surface area contributed by atoms with E-state index >= 15 is 0 Å². The molecular weight excluding hydrogens is 138 g/mol. The molecule has 1 unspecified atom stereocenters. The summed E-state index contributed by atoms with van der Waals surface area (Å²) in [7, 11) is 0.126. The van der Waals surface area contributed by atoms with Gasteiger partial charge in [0.2, 0.25) is 0 Å². The summed E-state index contributed by atoms with van der Waals surface area (Å²) in [4.78, 5) is 0. The van der Waals surface area contributed by atoms with Gasteiger partial charge in [-0.2, -0.15) is 0 Å². The first-order valence-corrected chi connectivity index (χ1v) is 5.40. The lowest BCUT2D eigenvalue weighted by atomic mass is 10.4. The van der Waals surface area contributed by atoms with Gasteiger partial charge in [0.25, 0.3) is 0 Å². The van der Waals surface area contributed by atoms with Gasteiger partial charge < -0.3 is 0 Å². The third-order valence-electron chi connectivity index (χ3n) is 1.43. The van der Waals surface area contributed by atoms with E-state index < -0.39 is 0 Å². The van der Waals surface area contributed by atoms with Gasteiger partial charge in [0, 0.05) is 19.3 Å². The van der Waals surface area contributed by atoms with Crippen molar-refractivity contribution < 1.29 is 0 Å². The van der Waals surface area contributed by atoms with E-state index in [-0.39, 0.29) is 9.64 Å². The fraction of sp³-hybridized carbons (Fsp3) is 1.00. The first-order chi connectivity index (χ1) is 3.80. The van der Waals surface area contributed by atoms with E-state index in [0.717, 1.165) is 0 Å². The van der Waals surface area contributed by atoms with Crippen LogP contribution in [0.25, 0.3) is 0 Å². The molecule has 0 aromatic rings. The van der Waals surface area contributed by atoms with Crippen molar-refractivity contribution >= 4 is 20.8 Å². The van der Waals surface area contributed by atoms with Gasteiger partial charge in [-0.15, -0.1) is 0 Å². The largest absolute Gasteiger partial charge is 0.248 e. The molecule has 8 heavy (non-hydrogen) atoms. The highest BCUT2D eigenvalue weighted by Crippen LogP contribution is 2.08. The van der Waals surface area contributed by atoms with Crippen molar-refractivity contribution in [2.75, 3.05) is 19.3 Å². The summed E-state index contributed by atoms with van der Waals surface area (Å²) < 4.78 is 2.37. The SMILES string of the molecule is CS(=S)N1CCCC1. The summed E-state index contributed by atoms with van der Waals surface area (Å²) in [6, 6.07) is 0. The van der Waals surface area contributed by atoms with Gasteiger partial charge in [-0.25, -0.2) is 4.31 Å². The molecule has 0 bridgehead atoms. The lowest BCUT2D eigenvalue weighted by Crippen LogP contribution is -2.19. The first kappa shape index (κ1) is 6.65. The fourth-order valence-corrected chi connectivity index (χ4v) is 2.16. The minimum absolute atomic E-state index is 0.126. The van der Waals surface area contributed by atoms with Gasteiger partial charge >= 0.3 is 0 Å². The Kier molecular flexibility index (Phi) is 2.41. The molecule has 1 atom stereocenters. The van der Waals surface area contributed by atoms with Gasteiger partial charge in [0.05, 0.1) is 0 Å². The number of hydrogen-bond donors (Lipinski definition) is 0. The van der Waals surface area contributed by atoms with Crippen LogP contribution in [0.2, 0.25) is 0 Å². The quantitative estimate of drug-likeness (QED) is 0.540. The maximum Gasteiger partial charge on any atom is 0.00922 e. The Hall–Kier alpha value is 0.530. The van der Waals surface area contributed by atoms with Crippen molar-refractivity contribution in [3.63, 3.8) is 0 Å². The third kappa shape index (κ3) is 1.50. The average molecular weight is 149 g/mol. The highest BCUT2D eigenvalue weighted by Gasteiger charge is 2.10. The van der Waals surface area contributed by atoms with Crippen molar-refractivity contribution in [2.24, 2.45) is 0 Å². The molecule has 1 fully saturated rings. The van der Waals surface area contributed by atoms with Crippen LogP contribution in [-0.2, 0) is 20.8 Å². The molecule has 1 heterocycles. The minimum Gasteiger partial charge on any atom is -0.248 e. The number of nitrogens with zero attached hydrogens (tertiary/aromatic N) is 1. The van der Waals surface area contributed by atoms with Gasteiger partial charge in [0.1, 0.15) is 0 Å². The summed E-state index contributed by atoms with van der Waals surface area (Å²) in [5.74, 6) is 0. The molecule has 0 aromatic carbocycles. The predicted molar refractivity (Wildman–Crippen MR) is 41.5 cm³/mol. The molecule has 48 valence electrons. The molecule has 0 N–H and O–H groups in total. The standard InChI is InChI=1S/C5H11NS2/c1-8(7)6-4-2-3-5-6/h2-5H2,1H3. The summed E-state index contributed by atoms with van der Waals surface area (Å²) in [6.45, 7) is 2.48. The molecular formula is C5H11NS2. The Balaban J connectivity index is 2.35. The Morgan fingerprint density at radius 3 is 2.12 bits per heavy atom. The fourth-order valence-electron chi connectivity index (χ4n) is 0.945. The third-order valence-corrected chi connectivity index (χ3v) is 3.15. The van der Waals surface area contributed by atoms with E-state index in [1.807, 2.05) is 0 Å². The van der Waals surface area contributed by atoms with Gasteiger partial charge in [0.15, 0.2) is 0 Å². The second kappa shape index (κ2) is 2.90. The predicted octanol–water partition coefficient (Wildman–Crippen LogP) is 0.707.